The maximum atomic E-state index is 13.2. The summed E-state index contributed by atoms with van der Waals surface area (Å²) in [7, 11) is 2.68. The minimum Gasteiger partial charge on any atom is -0.495 e. The van der Waals surface area contributed by atoms with Crippen LogP contribution in [0.3, 0.4) is 0 Å². The Hall–Kier alpha value is -4.34. The number of carbonyl (C=O) groups is 4. The van der Waals surface area contributed by atoms with E-state index < -0.39 is 23.7 Å². The summed E-state index contributed by atoms with van der Waals surface area (Å²) in [5.74, 6) is -2.13. The molecule has 0 spiro atoms. The largest absolute Gasteiger partial charge is 0.495 e. The third-order valence-electron chi connectivity index (χ3n) is 5.37. The van der Waals surface area contributed by atoms with Crippen molar-refractivity contribution in [1.29, 1.82) is 0 Å². The van der Waals surface area contributed by atoms with Crippen LogP contribution in [-0.4, -0.2) is 37.9 Å². The van der Waals surface area contributed by atoms with Gasteiger partial charge in [-0.3, -0.25) is 14.4 Å². The number of benzene rings is 3. The van der Waals surface area contributed by atoms with Gasteiger partial charge in [0.15, 0.2) is 0 Å². The molecule has 37 heavy (non-hydrogen) atoms. The third kappa shape index (κ3) is 5.28. The fourth-order valence-corrected chi connectivity index (χ4v) is 3.94. The van der Waals surface area contributed by atoms with Crippen LogP contribution in [-0.2, 0) is 14.3 Å². The maximum Gasteiger partial charge on any atom is 0.337 e. The number of imide groups is 1. The first-order valence-corrected chi connectivity index (χ1v) is 11.5. The average Bonchev–Trinajstić information content (AvgIpc) is 3.11. The van der Waals surface area contributed by atoms with Crippen molar-refractivity contribution in [1.82, 2.24) is 0 Å². The molecule has 0 radical (unpaired) electrons. The van der Waals surface area contributed by atoms with Crippen molar-refractivity contribution in [3.05, 3.63) is 93.6 Å². The lowest BCUT2D eigenvalue weighted by molar-refractivity contribution is -0.120. The van der Waals surface area contributed by atoms with Crippen molar-refractivity contribution in [2.45, 2.75) is 0 Å². The number of nitrogens with one attached hydrogen (secondary N) is 2. The van der Waals surface area contributed by atoms with E-state index in [0.717, 1.165) is 4.90 Å². The van der Waals surface area contributed by atoms with Gasteiger partial charge in [0.25, 0.3) is 17.7 Å². The van der Waals surface area contributed by atoms with Crippen LogP contribution in [0.2, 0.25) is 5.02 Å². The summed E-state index contributed by atoms with van der Waals surface area (Å²) in [6.45, 7) is 0. The fraction of sp³-hybridized carbons (Fsp3) is 0.0769. The Morgan fingerprint density at radius 3 is 2.24 bits per heavy atom. The van der Waals surface area contributed by atoms with E-state index in [-0.39, 0.29) is 27.7 Å². The highest BCUT2D eigenvalue weighted by atomic mass is 35.5. The number of nitrogens with zero attached hydrogens (tertiary/aromatic N) is 1. The Balaban J connectivity index is 1.52. The number of hydrogen-bond acceptors (Lipinski definition) is 7. The first kappa shape index (κ1) is 25.7. The number of amides is 3. The molecule has 2 N–H and O–H groups in total. The molecule has 4 rings (SSSR count). The number of carbonyl (C=O) groups excluding carboxylic acids is 4. The summed E-state index contributed by atoms with van der Waals surface area (Å²) in [4.78, 5) is 51.2. The van der Waals surface area contributed by atoms with Crippen molar-refractivity contribution in [3.8, 4) is 5.75 Å². The van der Waals surface area contributed by atoms with Crippen LogP contribution >= 0.6 is 23.2 Å². The Morgan fingerprint density at radius 2 is 1.57 bits per heavy atom. The summed E-state index contributed by atoms with van der Waals surface area (Å²) < 4.78 is 9.92. The molecule has 1 aliphatic heterocycles. The second kappa shape index (κ2) is 10.7. The molecule has 9 nitrogen and oxygen atoms in total. The highest BCUT2D eigenvalue weighted by Gasteiger charge is 2.40. The summed E-state index contributed by atoms with van der Waals surface area (Å²) in [6, 6.07) is 17.0. The molecule has 0 aliphatic carbocycles. The van der Waals surface area contributed by atoms with E-state index in [1.807, 2.05) is 0 Å². The van der Waals surface area contributed by atoms with Crippen LogP contribution in [0.5, 0.6) is 5.75 Å². The van der Waals surface area contributed by atoms with Gasteiger partial charge in [-0.2, -0.15) is 0 Å². The number of hydrogen-bond donors (Lipinski definition) is 2. The number of methoxy groups -OCH3 is 2. The topological polar surface area (TPSA) is 114 Å². The zero-order chi connectivity index (χ0) is 26.7. The highest BCUT2D eigenvalue weighted by molar-refractivity contribution is 6.53. The van der Waals surface area contributed by atoms with E-state index in [1.165, 1.54) is 44.6 Å². The van der Waals surface area contributed by atoms with Crippen molar-refractivity contribution >= 4 is 64.0 Å². The van der Waals surface area contributed by atoms with Gasteiger partial charge in [0.2, 0.25) is 0 Å². The van der Waals surface area contributed by atoms with E-state index >= 15 is 0 Å². The van der Waals surface area contributed by atoms with Crippen LogP contribution in [0.15, 0.2) is 77.5 Å². The van der Waals surface area contributed by atoms with Crippen LogP contribution in [0, 0.1) is 0 Å². The van der Waals surface area contributed by atoms with Crippen molar-refractivity contribution in [2.75, 3.05) is 29.8 Å². The second-order valence-electron chi connectivity index (χ2n) is 7.68. The molecular formula is C26H19Cl2N3O6. The Bertz CT molecular complexity index is 1450. The Morgan fingerprint density at radius 1 is 0.838 bits per heavy atom. The lowest BCUT2D eigenvalue weighted by atomic mass is 10.1. The van der Waals surface area contributed by atoms with Crippen LogP contribution in [0.1, 0.15) is 20.7 Å². The van der Waals surface area contributed by atoms with Gasteiger partial charge in [-0.25, -0.2) is 9.69 Å². The molecular weight excluding hydrogens is 521 g/mol. The minimum absolute atomic E-state index is 0.145. The molecule has 0 aromatic heterocycles. The van der Waals surface area contributed by atoms with E-state index in [9.17, 15) is 19.2 Å². The predicted octanol–water partition coefficient (Wildman–Crippen LogP) is 4.82. The molecule has 3 amide bonds. The van der Waals surface area contributed by atoms with E-state index in [2.05, 4.69) is 15.4 Å². The predicted molar refractivity (Wildman–Crippen MR) is 139 cm³/mol. The average molecular weight is 540 g/mol. The molecule has 0 atom stereocenters. The molecule has 1 heterocycles. The fourth-order valence-electron chi connectivity index (χ4n) is 3.56. The van der Waals surface area contributed by atoms with Crippen LogP contribution in [0.4, 0.5) is 17.1 Å². The maximum absolute atomic E-state index is 13.2. The molecule has 0 unspecified atom stereocenters. The lowest BCUT2D eigenvalue weighted by Gasteiger charge is -2.18. The van der Waals surface area contributed by atoms with Gasteiger partial charge in [0, 0.05) is 22.0 Å². The molecule has 11 heteroatoms. The summed E-state index contributed by atoms with van der Waals surface area (Å²) in [5.41, 5.74) is 1.41. The van der Waals surface area contributed by atoms with Crippen LogP contribution < -0.4 is 20.3 Å². The van der Waals surface area contributed by atoms with Gasteiger partial charge in [-0.05, 0) is 60.7 Å². The number of esters is 1. The smallest absolute Gasteiger partial charge is 0.337 e. The molecule has 0 bridgehead atoms. The van der Waals surface area contributed by atoms with E-state index in [4.69, 9.17) is 27.9 Å². The normalized spacial score (nSPS) is 13.0. The lowest BCUT2D eigenvalue weighted by Crippen LogP contribution is -2.32. The van der Waals surface area contributed by atoms with Crippen molar-refractivity contribution in [2.24, 2.45) is 0 Å². The molecule has 0 fully saturated rings. The standard InChI is InChI=1S/C26H19Cl2N3O6/c1-36-20-11-8-16(27)13-19(20)31-24(33)21(28)22(25(31)34)29-18-5-3-4-15(12-18)23(32)30-17-9-6-14(7-10-17)26(35)37-2/h3-13,29H,1-2H3,(H,30,32). The third-order valence-corrected chi connectivity index (χ3v) is 5.95. The zero-order valence-corrected chi connectivity index (χ0v) is 21.0. The van der Waals surface area contributed by atoms with Gasteiger partial charge < -0.3 is 20.1 Å². The highest BCUT2D eigenvalue weighted by Crippen LogP contribution is 2.37. The van der Waals surface area contributed by atoms with Crippen molar-refractivity contribution in [3.63, 3.8) is 0 Å². The molecule has 0 saturated carbocycles. The van der Waals surface area contributed by atoms with Gasteiger partial charge >= 0.3 is 5.97 Å². The number of anilines is 3. The van der Waals surface area contributed by atoms with E-state index in [1.54, 1.807) is 36.4 Å². The molecule has 0 saturated heterocycles. The Kier molecular flexibility index (Phi) is 7.47. The molecule has 188 valence electrons. The quantitative estimate of drug-likeness (QED) is 0.326. The zero-order valence-electron chi connectivity index (χ0n) is 19.5. The summed E-state index contributed by atoms with van der Waals surface area (Å²) in [5, 5.41) is 5.53. The SMILES string of the molecule is COC(=O)c1ccc(NC(=O)c2cccc(NC3=C(Cl)C(=O)N(c4cc(Cl)ccc4OC)C3=O)c2)cc1. The molecule has 3 aromatic rings. The van der Waals surface area contributed by atoms with Crippen LogP contribution in [0.25, 0.3) is 0 Å². The van der Waals surface area contributed by atoms with Gasteiger partial charge in [0.05, 0.1) is 25.5 Å². The van der Waals surface area contributed by atoms with Gasteiger partial charge in [-0.1, -0.05) is 29.3 Å². The number of ether oxygens (including phenoxy) is 2. The molecule has 3 aromatic carbocycles. The van der Waals surface area contributed by atoms with Gasteiger partial charge in [-0.15, -0.1) is 0 Å². The Labute approximate surface area is 221 Å². The molecule has 1 aliphatic rings. The first-order valence-electron chi connectivity index (χ1n) is 10.7. The first-order chi connectivity index (χ1) is 17.7. The summed E-state index contributed by atoms with van der Waals surface area (Å²) >= 11 is 12.3. The van der Waals surface area contributed by atoms with Crippen molar-refractivity contribution < 1.29 is 28.7 Å². The van der Waals surface area contributed by atoms with Gasteiger partial charge in [0.1, 0.15) is 16.5 Å². The van der Waals surface area contributed by atoms with E-state index in [0.29, 0.717) is 22.0 Å². The number of halogens is 2. The summed E-state index contributed by atoms with van der Waals surface area (Å²) in [6.07, 6.45) is 0. The monoisotopic (exact) mass is 539 g/mol. The minimum atomic E-state index is -0.751. The second-order valence-corrected chi connectivity index (χ2v) is 8.49. The number of rotatable bonds is 7.